The molecule has 1 heterocycles. The Morgan fingerprint density at radius 1 is 1.50 bits per heavy atom. The van der Waals surface area contributed by atoms with E-state index in [9.17, 15) is 13.2 Å². The lowest BCUT2D eigenvalue weighted by molar-refractivity contribution is -0.144. The summed E-state index contributed by atoms with van der Waals surface area (Å²) in [6.07, 6.45) is 0. The van der Waals surface area contributed by atoms with Gasteiger partial charge in [0.05, 0.1) is 13.0 Å². The maximum absolute atomic E-state index is 12.2. The van der Waals surface area contributed by atoms with E-state index in [0.29, 0.717) is 4.21 Å². The van der Waals surface area contributed by atoms with E-state index >= 15 is 0 Å². The molecule has 0 amide bonds. The second-order valence-electron chi connectivity index (χ2n) is 4.07. The molecule has 7 heteroatoms. The number of methoxy groups -OCH3 is 1. The minimum absolute atomic E-state index is 0.103. The van der Waals surface area contributed by atoms with Crippen molar-refractivity contribution in [2.75, 3.05) is 20.7 Å². The SMILES string of the molecule is COC(=O)C(C)CN(C)S(=O)(=O)c1ccc(C)s1. The summed E-state index contributed by atoms with van der Waals surface area (Å²) in [4.78, 5) is 12.2. The molecule has 0 N–H and O–H groups in total. The van der Waals surface area contributed by atoms with Gasteiger partial charge < -0.3 is 4.74 Å². The van der Waals surface area contributed by atoms with Crippen LogP contribution in [-0.4, -0.2) is 39.4 Å². The third kappa shape index (κ3) is 3.30. The van der Waals surface area contributed by atoms with Crippen LogP contribution in [0.1, 0.15) is 11.8 Å². The normalized spacial score (nSPS) is 13.6. The molecular weight excluding hydrogens is 274 g/mol. The molecule has 1 atom stereocenters. The van der Waals surface area contributed by atoms with Crippen LogP contribution in [0.2, 0.25) is 0 Å². The molecule has 1 rings (SSSR count). The number of nitrogens with zero attached hydrogens (tertiary/aromatic N) is 1. The Bertz CT molecular complexity index is 521. The molecule has 0 fully saturated rings. The van der Waals surface area contributed by atoms with E-state index in [0.717, 1.165) is 4.88 Å². The molecule has 0 radical (unpaired) electrons. The first-order valence-corrected chi connectivity index (χ1v) is 7.65. The van der Waals surface area contributed by atoms with Gasteiger partial charge in [-0.1, -0.05) is 6.92 Å². The van der Waals surface area contributed by atoms with Gasteiger partial charge in [0.25, 0.3) is 10.0 Å². The van der Waals surface area contributed by atoms with Gasteiger partial charge in [0.1, 0.15) is 4.21 Å². The highest BCUT2D eigenvalue weighted by atomic mass is 32.2. The smallest absolute Gasteiger partial charge is 0.309 e. The topological polar surface area (TPSA) is 63.7 Å². The Morgan fingerprint density at radius 2 is 2.11 bits per heavy atom. The molecule has 0 bridgehead atoms. The van der Waals surface area contributed by atoms with Crippen LogP contribution in [0.5, 0.6) is 0 Å². The van der Waals surface area contributed by atoms with Crippen LogP contribution in [0.15, 0.2) is 16.3 Å². The summed E-state index contributed by atoms with van der Waals surface area (Å²) in [6.45, 7) is 3.59. The standard InChI is InChI=1S/C11H17NO4S2/c1-8(11(13)16-4)7-12(3)18(14,15)10-6-5-9(2)17-10/h5-6,8H,7H2,1-4H3. The number of ether oxygens (including phenoxy) is 1. The lowest BCUT2D eigenvalue weighted by Gasteiger charge is -2.19. The maximum atomic E-state index is 12.2. The molecule has 0 saturated heterocycles. The fraction of sp³-hybridized carbons (Fsp3) is 0.545. The zero-order valence-electron chi connectivity index (χ0n) is 10.8. The van der Waals surface area contributed by atoms with Crippen LogP contribution in [0.3, 0.4) is 0 Å². The van der Waals surface area contributed by atoms with Crippen LogP contribution < -0.4 is 0 Å². The van der Waals surface area contributed by atoms with Crippen molar-refractivity contribution in [2.24, 2.45) is 5.92 Å². The third-order valence-corrected chi connectivity index (χ3v) is 5.81. The van der Waals surface area contributed by atoms with E-state index in [-0.39, 0.29) is 6.54 Å². The van der Waals surface area contributed by atoms with Crippen LogP contribution in [-0.2, 0) is 19.6 Å². The van der Waals surface area contributed by atoms with Crippen LogP contribution >= 0.6 is 11.3 Å². The number of thiophene rings is 1. The molecule has 1 unspecified atom stereocenters. The van der Waals surface area contributed by atoms with Crippen molar-refractivity contribution >= 4 is 27.3 Å². The number of esters is 1. The van der Waals surface area contributed by atoms with E-state index in [4.69, 9.17) is 0 Å². The lowest BCUT2D eigenvalue weighted by atomic mass is 10.2. The van der Waals surface area contributed by atoms with E-state index in [1.807, 2.05) is 6.92 Å². The highest BCUT2D eigenvalue weighted by molar-refractivity contribution is 7.91. The summed E-state index contributed by atoms with van der Waals surface area (Å²) in [5.41, 5.74) is 0. The summed E-state index contributed by atoms with van der Waals surface area (Å²) >= 11 is 1.22. The summed E-state index contributed by atoms with van der Waals surface area (Å²) in [7, 11) is -0.761. The summed E-state index contributed by atoms with van der Waals surface area (Å²) in [5, 5.41) is 0. The highest BCUT2D eigenvalue weighted by Crippen LogP contribution is 2.24. The number of carbonyl (C=O) groups is 1. The molecule has 0 aromatic carbocycles. The summed E-state index contributed by atoms with van der Waals surface area (Å²) < 4.78 is 30.4. The van der Waals surface area contributed by atoms with Gasteiger partial charge in [0, 0.05) is 18.5 Å². The van der Waals surface area contributed by atoms with E-state index in [1.54, 1.807) is 19.1 Å². The molecule has 1 aromatic heterocycles. The van der Waals surface area contributed by atoms with Crippen molar-refractivity contribution in [3.05, 3.63) is 17.0 Å². The molecule has 0 spiro atoms. The van der Waals surface area contributed by atoms with Crippen molar-refractivity contribution in [3.8, 4) is 0 Å². The molecule has 0 aliphatic carbocycles. The average Bonchev–Trinajstić information content (AvgIpc) is 2.75. The Balaban J connectivity index is 2.83. The van der Waals surface area contributed by atoms with E-state index in [2.05, 4.69) is 4.74 Å². The van der Waals surface area contributed by atoms with Crippen molar-refractivity contribution in [1.29, 1.82) is 0 Å². The highest BCUT2D eigenvalue weighted by Gasteiger charge is 2.26. The molecule has 0 aliphatic heterocycles. The van der Waals surface area contributed by atoms with Crippen molar-refractivity contribution in [3.63, 3.8) is 0 Å². The zero-order valence-corrected chi connectivity index (χ0v) is 12.5. The van der Waals surface area contributed by atoms with Gasteiger partial charge >= 0.3 is 5.97 Å². The van der Waals surface area contributed by atoms with Gasteiger partial charge in [0.15, 0.2) is 0 Å². The first-order chi connectivity index (χ1) is 8.28. The maximum Gasteiger partial charge on any atom is 0.309 e. The van der Waals surface area contributed by atoms with Gasteiger partial charge in [-0.25, -0.2) is 8.42 Å². The minimum Gasteiger partial charge on any atom is -0.469 e. The monoisotopic (exact) mass is 291 g/mol. The Labute approximate surface area is 111 Å². The summed E-state index contributed by atoms with van der Waals surface area (Å²) in [5.74, 6) is -0.907. The van der Waals surface area contributed by atoms with E-state index < -0.39 is 21.9 Å². The zero-order chi connectivity index (χ0) is 13.9. The molecule has 1 aromatic rings. The lowest BCUT2D eigenvalue weighted by Crippen LogP contribution is -2.33. The Kier molecular flexibility index (Phi) is 4.89. The Morgan fingerprint density at radius 3 is 2.56 bits per heavy atom. The van der Waals surface area contributed by atoms with Crippen LogP contribution in [0, 0.1) is 12.8 Å². The Hall–Kier alpha value is -0.920. The summed E-state index contributed by atoms with van der Waals surface area (Å²) in [6, 6.07) is 3.34. The van der Waals surface area contributed by atoms with Crippen molar-refractivity contribution < 1.29 is 17.9 Å². The second kappa shape index (κ2) is 5.81. The number of aryl methyl sites for hydroxylation is 1. The molecule has 0 saturated carbocycles. The number of hydrogen-bond acceptors (Lipinski definition) is 5. The van der Waals surface area contributed by atoms with Crippen molar-refractivity contribution in [2.45, 2.75) is 18.1 Å². The number of sulfonamides is 1. The molecule has 5 nitrogen and oxygen atoms in total. The quantitative estimate of drug-likeness (QED) is 0.771. The molecule has 0 aliphatic rings. The first-order valence-electron chi connectivity index (χ1n) is 5.39. The fourth-order valence-electron chi connectivity index (χ4n) is 1.46. The molecular formula is C11H17NO4S2. The van der Waals surface area contributed by atoms with Gasteiger partial charge in [-0.2, -0.15) is 4.31 Å². The first kappa shape index (κ1) is 15.1. The largest absolute Gasteiger partial charge is 0.469 e. The average molecular weight is 291 g/mol. The number of rotatable bonds is 5. The third-order valence-electron chi connectivity index (χ3n) is 2.51. The van der Waals surface area contributed by atoms with Gasteiger partial charge in [-0.15, -0.1) is 11.3 Å². The van der Waals surface area contributed by atoms with E-state index in [1.165, 1.54) is 29.8 Å². The number of carbonyl (C=O) groups excluding carboxylic acids is 1. The van der Waals surface area contributed by atoms with Gasteiger partial charge in [-0.05, 0) is 19.1 Å². The van der Waals surface area contributed by atoms with Gasteiger partial charge in [0.2, 0.25) is 0 Å². The van der Waals surface area contributed by atoms with Crippen LogP contribution in [0.4, 0.5) is 0 Å². The van der Waals surface area contributed by atoms with Crippen molar-refractivity contribution in [1.82, 2.24) is 4.31 Å². The second-order valence-corrected chi connectivity index (χ2v) is 7.63. The van der Waals surface area contributed by atoms with Crippen LogP contribution in [0.25, 0.3) is 0 Å². The van der Waals surface area contributed by atoms with Gasteiger partial charge in [-0.3, -0.25) is 4.79 Å². The predicted octanol–water partition coefficient (Wildman–Crippen LogP) is 1.49. The fourth-order valence-corrected chi connectivity index (χ4v) is 4.22. The minimum atomic E-state index is -3.51. The molecule has 102 valence electrons. The predicted molar refractivity (Wildman–Crippen MR) is 70.1 cm³/mol. The molecule has 18 heavy (non-hydrogen) atoms. The number of hydrogen-bond donors (Lipinski definition) is 0.